The molecule has 0 amide bonds. The van der Waals surface area contributed by atoms with Gasteiger partial charge in [0.15, 0.2) is 11.7 Å². The van der Waals surface area contributed by atoms with E-state index in [9.17, 15) is 0 Å². The lowest BCUT2D eigenvalue weighted by atomic mass is 9.94. The molecule has 4 heterocycles. The first kappa shape index (κ1) is 45.6. The van der Waals surface area contributed by atoms with Gasteiger partial charge in [-0.05, 0) is 114 Å². The Morgan fingerprint density at radius 1 is 0.494 bits per heavy atom. The zero-order chi connectivity index (χ0) is 50.9. The van der Waals surface area contributed by atoms with E-state index in [-0.39, 0.29) is 17.6 Å². The first-order valence-electron chi connectivity index (χ1n) is 26.4. The maximum absolute atomic E-state index is 5.49. The summed E-state index contributed by atoms with van der Waals surface area (Å²) in [5.41, 5.74) is 16.9. The molecule has 1 saturated carbocycles. The van der Waals surface area contributed by atoms with Crippen LogP contribution in [0.3, 0.4) is 0 Å². The first-order valence-corrected chi connectivity index (χ1v) is 28.0. The van der Waals surface area contributed by atoms with E-state index < -0.39 is 0 Å². The number of hydrogen-bond acceptors (Lipinski definition) is 9. The van der Waals surface area contributed by atoms with Gasteiger partial charge in [-0.25, -0.2) is 15.0 Å². The number of nitrogens with zero attached hydrogens (tertiary/aromatic N) is 6. The number of hydrogen-bond donors (Lipinski definition) is 1. The lowest BCUT2D eigenvalue weighted by Gasteiger charge is -2.39. The van der Waals surface area contributed by atoms with Crippen LogP contribution in [0.2, 0.25) is 0 Å². The average molecular weight is 1030 g/mol. The second-order valence-electron chi connectivity index (χ2n) is 20.1. The van der Waals surface area contributed by atoms with Crippen LogP contribution in [0.15, 0.2) is 288 Å². The highest BCUT2D eigenvalue weighted by Gasteiger charge is 2.60. The van der Waals surface area contributed by atoms with Crippen molar-refractivity contribution >= 4 is 80.8 Å². The number of para-hydroxylation sites is 2. The second-order valence-corrected chi connectivity index (χ2v) is 22.2. The number of allylic oxidation sites excluding steroid dienone is 3. The van der Waals surface area contributed by atoms with Crippen molar-refractivity contribution in [2.24, 2.45) is 25.9 Å². The highest BCUT2D eigenvalue weighted by atomic mass is 32.2. The number of benzene rings is 9. The highest BCUT2D eigenvalue weighted by molar-refractivity contribution is 8.04. The molecule has 4 aliphatic heterocycles. The van der Waals surface area contributed by atoms with Crippen LogP contribution in [-0.2, 0) is 5.54 Å². The molecular formula is C68H49N7S2. The highest BCUT2D eigenvalue weighted by Crippen LogP contribution is 2.61. The predicted octanol–water partition coefficient (Wildman–Crippen LogP) is 16.6. The van der Waals surface area contributed by atoms with Gasteiger partial charge in [-0.15, -0.1) is 0 Å². The van der Waals surface area contributed by atoms with E-state index in [1.165, 1.54) is 59.1 Å². The number of aliphatic imine (C=N–C) groups is 4. The number of rotatable bonds is 9. The minimum Gasteiger partial charge on any atom is -0.344 e. The largest absolute Gasteiger partial charge is 0.344 e. The Kier molecular flexibility index (Phi) is 11.1. The molecule has 0 spiro atoms. The maximum Gasteiger partial charge on any atom is 0.159 e. The van der Waals surface area contributed by atoms with E-state index in [0.29, 0.717) is 5.84 Å². The summed E-state index contributed by atoms with van der Waals surface area (Å²) in [4.78, 5) is 31.0. The van der Waals surface area contributed by atoms with Crippen LogP contribution >= 0.6 is 23.5 Å². The van der Waals surface area contributed by atoms with Crippen molar-refractivity contribution in [3.05, 3.63) is 292 Å². The molecule has 1 fully saturated rings. The molecule has 0 bridgehead atoms. The van der Waals surface area contributed by atoms with Crippen LogP contribution in [0.5, 0.6) is 0 Å². The van der Waals surface area contributed by atoms with E-state index in [4.69, 9.17) is 20.0 Å². The standard InChI is InChI=1S/C68H49N7S2/c1-5-19-44(20-6-1)61-54-43-68(54,73-67(69-61)47-25-11-4-12-26-47)49-37-41-51(42-38-49)75-56-30-14-16-34-60(56)77-63-53(28-18-32-58(63)75)52-27-17-31-57-62(52)76-59-33-15-13-29-55(59)74(57)50-39-35-48(36-40-50)66-71-64(45-21-7-2-8-22-45)70-65(72-66)46-23-9-3-10-24-46/h1-16,18-30,32-42,54,64H,17,31,43H2,(H,70,71,72). The Labute approximate surface area is 456 Å². The third kappa shape index (κ3) is 7.99. The fourth-order valence-electron chi connectivity index (χ4n) is 11.7. The molecule has 9 aromatic carbocycles. The van der Waals surface area contributed by atoms with Crippen molar-refractivity contribution in [3.8, 4) is 0 Å². The molecule has 15 rings (SSSR count). The van der Waals surface area contributed by atoms with Crippen molar-refractivity contribution in [2.75, 3.05) is 9.80 Å². The summed E-state index contributed by atoms with van der Waals surface area (Å²) in [5.74, 6) is 2.53. The summed E-state index contributed by atoms with van der Waals surface area (Å²) >= 11 is 3.78. The SMILES string of the molecule is C1=C(c2cccc3c2Sc2ccccc2N3c2ccc(C34CC3C(c3ccccc3)=NC(c3ccccc3)=N4)cc2)C2=C(CC1)N(c1ccc(C3=NC(c4ccccc4)NC(c4ccccc4)=N3)cc1)c1ccccc1S2. The van der Waals surface area contributed by atoms with Gasteiger partial charge in [0.05, 0.1) is 28.3 Å². The number of fused-ring (bicyclic) bond motifs is 4. The molecule has 0 radical (unpaired) electrons. The monoisotopic (exact) mass is 1030 g/mol. The minimum absolute atomic E-state index is 0.215. The van der Waals surface area contributed by atoms with E-state index in [0.717, 1.165) is 75.8 Å². The van der Waals surface area contributed by atoms with Gasteiger partial charge in [0.2, 0.25) is 0 Å². The number of anilines is 5. The van der Waals surface area contributed by atoms with Crippen LogP contribution in [-0.4, -0.2) is 23.2 Å². The Hall–Kier alpha value is -8.76. The van der Waals surface area contributed by atoms with E-state index in [1.54, 1.807) is 0 Å². The molecule has 9 aromatic rings. The molecular weight excluding hydrogens is 979 g/mol. The molecule has 1 N–H and O–H groups in total. The number of nitrogens with one attached hydrogen (secondary N) is 1. The molecule has 77 heavy (non-hydrogen) atoms. The van der Waals surface area contributed by atoms with E-state index in [1.807, 2.05) is 47.8 Å². The summed E-state index contributed by atoms with van der Waals surface area (Å²) in [5, 5.41) is 3.60. The van der Waals surface area contributed by atoms with E-state index >= 15 is 0 Å². The summed E-state index contributed by atoms with van der Waals surface area (Å²) in [6, 6.07) is 84.5. The Morgan fingerprint density at radius 3 is 1.81 bits per heavy atom. The van der Waals surface area contributed by atoms with Gasteiger partial charge in [0, 0.05) is 59.3 Å². The van der Waals surface area contributed by atoms with Gasteiger partial charge in [-0.1, -0.05) is 199 Å². The normalized spacial score (nSPS) is 19.9. The Morgan fingerprint density at radius 2 is 1.08 bits per heavy atom. The van der Waals surface area contributed by atoms with Gasteiger partial charge in [-0.2, -0.15) is 0 Å². The van der Waals surface area contributed by atoms with Crippen LogP contribution in [0.4, 0.5) is 28.4 Å². The van der Waals surface area contributed by atoms with Crippen molar-refractivity contribution in [1.82, 2.24) is 5.32 Å². The molecule has 368 valence electrons. The van der Waals surface area contributed by atoms with Crippen molar-refractivity contribution in [1.29, 1.82) is 0 Å². The molecule has 0 aromatic heterocycles. The van der Waals surface area contributed by atoms with E-state index in [2.05, 4.69) is 234 Å². The molecule has 3 unspecified atom stereocenters. The topological polar surface area (TPSA) is 68.0 Å². The van der Waals surface area contributed by atoms with Crippen LogP contribution in [0.25, 0.3) is 5.57 Å². The smallest absolute Gasteiger partial charge is 0.159 e. The third-order valence-corrected chi connectivity index (χ3v) is 17.9. The summed E-state index contributed by atoms with van der Waals surface area (Å²) in [7, 11) is 0. The van der Waals surface area contributed by atoms with Crippen LogP contribution < -0.4 is 15.1 Å². The molecule has 2 aliphatic carbocycles. The summed E-state index contributed by atoms with van der Waals surface area (Å²) < 4.78 is 0. The third-order valence-electron chi connectivity index (χ3n) is 15.5. The average Bonchev–Trinajstić information content (AvgIpc) is 4.43. The Balaban J connectivity index is 0.780. The molecule has 6 aliphatic rings. The van der Waals surface area contributed by atoms with Crippen molar-refractivity contribution < 1.29 is 0 Å². The maximum atomic E-state index is 5.49. The van der Waals surface area contributed by atoms with Gasteiger partial charge in [0.1, 0.15) is 12.0 Å². The lowest BCUT2D eigenvalue weighted by Crippen LogP contribution is -2.33. The molecule has 3 atom stereocenters. The van der Waals surface area contributed by atoms with Crippen molar-refractivity contribution in [3.63, 3.8) is 0 Å². The fraction of sp³-hybridized carbons (Fsp3) is 0.0882. The number of thioether (sulfide) groups is 1. The lowest BCUT2D eigenvalue weighted by molar-refractivity contribution is 0.674. The number of amidine groups is 3. The van der Waals surface area contributed by atoms with Gasteiger partial charge in [-0.3, -0.25) is 4.99 Å². The van der Waals surface area contributed by atoms with Crippen LogP contribution in [0.1, 0.15) is 64.4 Å². The van der Waals surface area contributed by atoms with Crippen molar-refractivity contribution in [2.45, 2.75) is 45.7 Å². The molecule has 9 heteroatoms. The second kappa shape index (κ2) is 18.8. The molecule has 7 nitrogen and oxygen atoms in total. The van der Waals surface area contributed by atoms with Gasteiger partial charge >= 0.3 is 0 Å². The Bertz CT molecular complexity index is 3980. The molecule has 0 saturated heterocycles. The minimum atomic E-state index is -0.363. The van der Waals surface area contributed by atoms with Gasteiger partial charge in [0.25, 0.3) is 0 Å². The zero-order valence-corrected chi connectivity index (χ0v) is 43.5. The fourth-order valence-corrected chi connectivity index (χ4v) is 14.1. The summed E-state index contributed by atoms with van der Waals surface area (Å²) in [6.07, 6.45) is 4.99. The van der Waals surface area contributed by atoms with Gasteiger partial charge < -0.3 is 15.1 Å². The quantitative estimate of drug-likeness (QED) is 0.156. The van der Waals surface area contributed by atoms with Crippen LogP contribution in [0, 0.1) is 5.92 Å². The predicted molar refractivity (Wildman–Crippen MR) is 318 cm³/mol. The first-order chi connectivity index (χ1) is 38.1. The zero-order valence-electron chi connectivity index (χ0n) is 41.9. The summed E-state index contributed by atoms with van der Waals surface area (Å²) in [6.45, 7) is 0.